The quantitative estimate of drug-likeness (QED) is 0.829. The molecule has 0 heterocycles. The van der Waals surface area contributed by atoms with Crippen molar-refractivity contribution in [3.05, 3.63) is 34.3 Å². The Bertz CT molecular complexity index is 336. The summed E-state index contributed by atoms with van der Waals surface area (Å²) in [5.74, 6) is 0. The smallest absolute Gasteiger partial charge is 0.0607 e. The van der Waals surface area contributed by atoms with E-state index in [1.807, 2.05) is 39.0 Å². The number of benzene rings is 1. The van der Waals surface area contributed by atoms with E-state index in [0.717, 1.165) is 16.1 Å². The summed E-state index contributed by atoms with van der Waals surface area (Å²) in [5.41, 5.74) is 1.96. The fourth-order valence-corrected chi connectivity index (χ4v) is 1.35. The Morgan fingerprint density at radius 3 is 2.60 bits per heavy atom. The molecule has 0 bridgehead atoms. The van der Waals surface area contributed by atoms with Crippen LogP contribution >= 0.6 is 11.6 Å². The molecule has 2 N–H and O–H groups in total. The summed E-state index contributed by atoms with van der Waals surface area (Å²) in [6, 6.07) is 6.00. The van der Waals surface area contributed by atoms with Crippen LogP contribution in [0.1, 0.15) is 25.0 Å². The molecule has 0 spiro atoms. The molecular formula is C12H18ClNO. The fraction of sp³-hybridized carbons (Fsp3) is 0.500. The molecule has 0 aliphatic carbocycles. The first-order valence-electron chi connectivity index (χ1n) is 5.05. The lowest BCUT2D eigenvalue weighted by atomic mass is 10.1. The number of aliphatic hydroxyl groups is 1. The fourth-order valence-electron chi connectivity index (χ4n) is 1.14. The average molecular weight is 228 g/mol. The maximum atomic E-state index is 9.08. The molecule has 0 aliphatic rings. The van der Waals surface area contributed by atoms with Crippen molar-refractivity contribution in [2.24, 2.45) is 0 Å². The van der Waals surface area contributed by atoms with Crippen molar-refractivity contribution in [1.29, 1.82) is 0 Å². The third-order valence-corrected chi connectivity index (χ3v) is 2.81. The van der Waals surface area contributed by atoms with Gasteiger partial charge < -0.3 is 10.4 Å². The van der Waals surface area contributed by atoms with E-state index >= 15 is 0 Å². The predicted molar refractivity (Wildman–Crippen MR) is 64.2 cm³/mol. The normalized spacial score (nSPS) is 11.8. The third-order valence-electron chi connectivity index (χ3n) is 2.40. The van der Waals surface area contributed by atoms with Gasteiger partial charge in [0.1, 0.15) is 0 Å². The molecule has 15 heavy (non-hydrogen) atoms. The summed E-state index contributed by atoms with van der Waals surface area (Å²) in [4.78, 5) is 0. The van der Waals surface area contributed by atoms with E-state index in [-0.39, 0.29) is 12.1 Å². The maximum Gasteiger partial charge on any atom is 0.0607 e. The Morgan fingerprint density at radius 2 is 2.07 bits per heavy atom. The molecule has 0 aliphatic heterocycles. The summed E-state index contributed by atoms with van der Waals surface area (Å²) in [7, 11) is 0. The number of rotatable bonds is 4. The SMILES string of the molecule is Cc1ccc(CNC(C)(C)CO)cc1Cl. The monoisotopic (exact) mass is 227 g/mol. The molecule has 84 valence electrons. The van der Waals surface area contributed by atoms with E-state index in [9.17, 15) is 0 Å². The summed E-state index contributed by atoms with van der Waals surface area (Å²) in [5, 5.41) is 13.1. The highest BCUT2D eigenvalue weighted by Crippen LogP contribution is 2.17. The van der Waals surface area contributed by atoms with E-state index in [1.165, 1.54) is 0 Å². The molecule has 0 amide bonds. The summed E-state index contributed by atoms with van der Waals surface area (Å²) >= 11 is 6.02. The van der Waals surface area contributed by atoms with E-state index in [0.29, 0.717) is 6.54 Å². The molecule has 1 rings (SSSR count). The van der Waals surface area contributed by atoms with Gasteiger partial charge >= 0.3 is 0 Å². The Morgan fingerprint density at radius 1 is 1.40 bits per heavy atom. The zero-order valence-electron chi connectivity index (χ0n) is 9.47. The van der Waals surface area contributed by atoms with Gasteiger partial charge in [-0.25, -0.2) is 0 Å². The Balaban J connectivity index is 2.62. The van der Waals surface area contributed by atoms with E-state index in [2.05, 4.69) is 5.32 Å². The largest absolute Gasteiger partial charge is 0.394 e. The van der Waals surface area contributed by atoms with Gasteiger partial charge in [-0.15, -0.1) is 0 Å². The lowest BCUT2D eigenvalue weighted by molar-refractivity contribution is 0.187. The van der Waals surface area contributed by atoms with Gasteiger partial charge in [-0.3, -0.25) is 0 Å². The van der Waals surface area contributed by atoms with Crippen LogP contribution in [0.4, 0.5) is 0 Å². The van der Waals surface area contributed by atoms with Crippen molar-refractivity contribution in [2.75, 3.05) is 6.61 Å². The minimum absolute atomic E-state index is 0.118. The van der Waals surface area contributed by atoms with Gasteiger partial charge in [0.2, 0.25) is 0 Å². The molecule has 0 atom stereocenters. The van der Waals surface area contributed by atoms with Gasteiger partial charge in [0, 0.05) is 17.1 Å². The van der Waals surface area contributed by atoms with Crippen LogP contribution in [0.2, 0.25) is 5.02 Å². The zero-order valence-corrected chi connectivity index (χ0v) is 10.2. The van der Waals surface area contributed by atoms with Crippen LogP contribution in [0.25, 0.3) is 0 Å². The second-order valence-corrected chi connectivity index (χ2v) is 4.89. The first kappa shape index (κ1) is 12.5. The molecule has 3 heteroatoms. The minimum atomic E-state index is -0.253. The molecule has 0 unspecified atom stereocenters. The van der Waals surface area contributed by atoms with Crippen LogP contribution < -0.4 is 5.32 Å². The van der Waals surface area contributed by atoms with Crippen LogP contribution in [-0.4, -0.2) is 17.3 Å². The lowest BCUT2D eigenvalue weighted by Crippen LogP contribution is -2.42. The first-order chi connectivity index (χ1) is 6.94. The van der Waals surface area contributed by atoms with Gasteiger partial charge in [0.05, 0.1) is 6.61 Å². The average Bonchev–Trinajstić information content (AvgIpc) is 2.20. The van der Waals surface area contributed by atoms with E-state index < -0.39 is 0 Å². The van der Waals surface area contributed by atoms with Crippen LogP contribution in [0.5, 0.6) is 0 Å². The molecule has 0 saturated heterocycles. The lowest BCUT2D eigenvalue weighted by Gasteiger charge is -2.23. The maximum absolute atomic E-state index is 9.08. The first-order valence-corrected chi connectivity index (χ1v) is 5.43. The second kappa shape index (κ2) is 4.97. The summed E-state index contributed by atoms with van der Waals surface area (Å²) < 4.78 is 0. The Labute approximate surface area is 96.3 Å². The summed E-state index contributed by atoms with van der Waals surface area (Å²) in [6.07, 6.45) is 0. The Kier molecular flexibility index (Phi) is 4.14. The molecule has 0 aromatic heterocycles. The highest BCUT2D eigenvalue weighted by atomic mass is 35.5. The van der Waals surface area contributed by atoms with Crippen molar-refractivity contribution in [3.8, 4) is 0 Å². The van der Waals surface area contributed by atoms with Crippen molar-refractivity contribution >= 4 is 11.6 Å². The van der Waals surface area contributed by atoms with Gasteiger partial charge in [0.25, 0.3) is 0 Å². The molecule has 2 nitrogen and oxygen atoms in total. The van der Waals surface area contributed by atoms with E-state index in [1.54, 1.807) is 0 Å². The highest BCUT2D eigenvalue weighted by molar-refractivity contribution is 6.31. The molecule has 1 aromatic rings. The van der Waals surface area contributed by atoms with Crippen molar-refractivity contribution in [3.63, 3.8) is 0 Å². The number of aryl methyl sites for hydroxylation is 1. The van der Waals surface area contributed by atoms with E-state index in [4.69, 9.17) is 16.7 Å². The predicted octanol–water partition coefficient (Wildman–Crippen LogP) is 2.51. The molecular weight excluding hydrogens is 210 g/mol. The number of halogens is 1. The topological polar surface area (TPSA) is 32.3 Å². The van der Waals surface area contributed by atoms with Crippen molar-refractivity contribution < 1.29 is 5.11 Å². The van der Waals surface area contributed by atoms with Crippen LogP contribution in [0.15, 0.2) is 18.2 Å². The molecule has 0 radical (unpaired) electrons. The highest BCUT2D eigenvalue weighted by Gasteiger charge is 2.14. The number of aliphatic hydroxyl groups excluding tert-OH is 1. The van der Waals surface area contributed by atoms with Crippen molar-refractivity contribution in [2.45, 2.75) is 32.9 Å². The van der Waals surface area contributed by atoms with Gasteiger partial charge in [-0.2, -0.15) is 0 Å². The standard InChI is InChI=1S/C12H18ClNO/c1-9-4-5-10(6-11(9)13)7-14-12(2,3)8-15/h4-6,14-15H,7-8H2,1-3H3. The zero-order chi connectivity index (χ0) is 11.5. The van der Waals surface area contributed by atoms with Gasteiger partial charge in [-0.1, -0.05) is 23.7 Å². The number of nitrogens with one attached hydrogen (secondary N) is 1. The van der Waals surface area contributed by atoms with Gasteiger partial charge in [-0.05, 0) is 38.0 Å². The third kappa shape index (κ3) is 3.82. The van der Waals surface area contributed by atoms with Crippen LogP contribution in [-0.2, 0) is 6.54 Å². The minimum Gasteiger partial charge on any atom is -0.394 e. The Hall–Kier alpha value is -0.570. The second-order valence-electron chi connectivity index (χ2n) is 4.48. The number of hydrogen-bond acceptors (Lipinski definition) is 2. The molecule has 1 aromatic carbocycles. The van der Waals surface area contributed by atoms with Crippen LogP contribution in [0, 0.1) is 6.92 Å². The van der Waals surface area contributed by atoms with Crippen LogP contribution in [0.3, 0.4) is 0 Å². The van der Waals surface area contributed by atoms with Gasteiger partial charge in [0.15, 0.2) is 0 Å². The van der Waals surface area contributed by atoms with Crippen molar-refractivity contribution in [1.82, 2.24) is 5.32 Å². The molecule has 0 fully saturated rings. The summed E-state index contributed by atoms with van der Waals surface area (Å²) in [6.45, 7) is 6.74. The number of hydrogen-bond donors (Lipinski definition) is 2. The molecule has 0 saturated carbocycles.